The Morgan fingerprint density at radius 1 is 1.06 bits per heavy atom. The summed E-state index contributed by atoms with van der Waals surface area (Å²) in [6.07, 6.45) is 2.21. The van der Waals surface area contributed by atoms with E-state index in [4.69, 9.17) is 9.16 Å². The van der Waals surface area contributed by atoms with Crippen LogP contribution >= 0.6 is 0 Å². The normalized spacial score (nSPS) is 12.6. The minimum Gasteiger partial charge on any atom is -0.415 e. The van der Waals surface area contributed by atoms with E-state index in [-0.39, 0.29) is 0 Å². The van der Waals surface area contributed by atoms with Crippen LogP contribution in [-0.2, 0) is 9.16 Å². The molecule has 0 saturated carbocycles. The van der Waals surface area contributed by atoms with Gasteiger partial charge in [0.25, 0.3) is 0 Å². The second-order valence-electron chi connectivity index (χ2n) is 4.11. The number of benzene rings is 1. The summed E-state index contributed by atoms with van der Waals surface area (Å²) in [7, 11) is -1.20. The first kappa shape index (κ1) is 14.4. The van der Waals surface area contributed by atoms with Gasteiger partial charge < -0.3 is 9.16 Å². The molecule has 1 aromatic rings. The Kier molecular flexibility index (Phi) is 7.97. The number of ether oxygens (including phenoxy) is 1. The van der Waals surface area contributed by atoms with Crippen molar-refractivity contribution >= 4 is 14.2 Å². The molecule has 1 unspecified atom stereocenters. The van der Waals surface area contributed by atoms with E-state index >= 15 is 0 Å². The molecule has 0 aliphatic rings. The van der Waals surface area contributed by atoms with Gasteiger partial charge in [0, 0.05) is 19.8 Å². The van der Waals surface area contributed by atoms with Gasteiger partial charge in [0.1, 0.15) is 0 Å². The monoisotopic (exact) mass is 252 g/mol. The highest BCUT2D eigenvalue weighted by atomic mass is 28.3. The van der Waals surface area contributed by atoms with Crippen molar-refractivity contribution in [1.29, 1.82) is 0 Å². The summed E-state index contributed by atoms with van der Waals surface area (Å²) >= 11 is 0. The third-order valence-electron chi connectivity index (χ3n) is 2.68. The average molecular weight is 252 g/mol. The lowest BCUT2D eigenvalue weighted by Gasteiger charge is -2.16. The predicted octanol–water partition coefficient (Wildman–Crippen LogP) is 2.47. The third-order valence-corrected chi connectivity index (χ3v) is 5.55. The molecule has 0 heterocycles. The van der Waals surface area contributed by atoms with Gasteiger partial charge in [0.05, 0.1) is 0 Å². The molecule has 0 saturated heterocycles. The Balaban J connectivity index is 2.33. The third kappa shape index (κ3) is 6.01. The van der Waals surface area contributed by atoms with Crippen molar-refractivity contribution in [2.24, 2.45) is 0 Å². The molecule has 0 spiro atoms. The van der Waals surface area contributed by atoms with Gasteiger partial charge in [-0.25, -0.2) is 0 Å². The van der Waals surface area contributed by atoms with Gasteiger partial charge in [-0.1, -0.05) is 43.7 Å². The van der Waals surface area contributed by atoms with Gasteiger partial charge in [-0.2, -0.15) is 0 Å². The highest BCUT2D eigenvalue weighted by Gasteiger charge is 2.12. The topological polar surface area (TPSA) is 18.5 Å². The lowest BCUT2D eigenvalue weighted by Crippen LogP contribution is -2.33. The highest BCUT2D eigenvalue weighted by Crippen LogP contribution is 2.01. The van der Waals surface area contributed by atoms with Crippen LogP contribution in [0.2, 0.25) is 6.04 Å². The van der Waals surface area contributed by atoms with Crippen molar-refractivity contribution in [3.8, 4) is 0 Å². The van der Waals surface area contributed by atoms with E-state index in [0.29, 0.717) is 0 Å². The zero-order valence-corrected chi connectivity index (χ0v) is 12.2. The number of rotatable bonds is 9. The fourth-order valence-electron chi connectivity index (χ4n) is 1.81. The van der Waals surface area contributed by atoms with E-state index in [0.717, 1.165) is 26.2 Å². The van der Waals surface area contributed by atoms with Crippen LogP contribution in [0, 0.1) is 0 Å². The standard InChI is InChI=1S/C14H24O2Si/c1-3-13-17(14-9-6-5-7-10-14)16-12-8-11-15-4-2/h5-7,9-10,17H,3-4,8,11-13H2,1-2H3. The molecular formula is C14H24O2Si. The molecular weight excluding hydrogens is 228 g/mol. The van der Waals surface area contributed by atoms with Gasteiger partial charge in [0.15, 0.2) is 0 Å². The van der Waals surface area contributed by atoms with E-state index in [1.807, 2.05) is 6.92 Å². The Morgan fingerprint density at radius 2 is 1.82 bits per heavy atom. The molecule has 1 rings (SSSR count). The molecule has 1 atom stereocenters. The van der Waals surface area contributed by atoms with E-state index < -0.39 is 9.04 Å². The van der Waals surface area contributed by atoms with Crippen molar-refractivity contribution in [3.63, 3.8) is 0 Å². The molecule has 96 valence electrons. The van der Waals surface area contributed by atoms with Crippen LogP contribution in [0.4, 0.5) is 0 Å². The van der Waals surface area contributed by atoms with Crippen LogP contribution in [0.15, 0.2) is 30.3 Å². The number of hydrogen-bond donors (Lipinski definition) is 0. The van der Waals surface area contributed by atoms with Crippen LogP contribution in [0.5, 0.6) is 0 Å². The molecule has 0 radical (unpaired) electrons. The van der Waals surface area contributed by atoms with Gasteiger partial charge in [-0.15, -0.1) is 0 Å². The van der Waals surface area contributed by atoms with Gasteiger partial charge >= 0.3 is 0 Å². The second-order valence-corrected chi connectivity index (χ2v) is 6.66. The van der Waals surface area contributed by atoms with E-state index in [9.17, 15) is 0 Å². The van der Waals surface area contributed by atoms with Gasteiger partial charge in [0.2, 0.25) is 9.04 Å². The smallest absolute Gasteiger partial charge is 0.208 e. The first-order valence-electron chi connectivity index (χ1n) is 6.62. The zero-order valence-electron chi connectivity index (χ0n) is 11.0. The summed E-state index contributed by atoms with van der Waals surface area (Å²) in [4.78, 5) is 0. The quantitative estimate of drug-likeness (QED) is 0.496. The molecule has 0 N–H and O–H groups in total. The first-order valence-corrected chi connectivity index (χ1v) is 8.49. The fraction of sp³-hybridized carbons (Fsp3) is 0.571. The summed E-state index contributed by atoms with van der Waals surface area (Å²) in [5.41, 5.74) is 0. The van der Waals surface area contributed by atoms with Crippen molar-refractivity contribution in [1.82, 2.24) is 0 Å². The molecule has 17 heavy (non-hydrogen) atoms. The molecule has 3 heteroatoms. The minimum absolute atomic E-state index is 0.800. The maximum absolute atomic E-state index is 6.07. The van der Waals surface area contributed by atoms with E-state index in [1.165, 1.54) is 17.7 Å². The predicted molar refractivity (Wildman–Crippen MR) is 75.4 cm³/mol. The SMILES string of the molecule is CCC[SiH](OCCCOCC)c1ccccc1. The molecule has 2 nitrogen and oxygen atoms in total. The summed E-state index contributed by atoms with van der Waals surface area (Å²) in [5.74, 6) is 0. The molecule has 0 bridgehead atoms. The van der Waals surface area contributed by atoms with E-state index in [2.05, 4.69) is 37.3 Å². The molecule has 0 amide bonds. The van der Waals surface area contributed by atoms with Crippen molar-refractivity contribution in [2.75, 3.05) is 19.8 Å². The fourth-order valence-corrected chi connectivity index (χ4v) is 4.13. The van der Waals surface area contributed by atoms with Crippen LogP contribution in [0.25, 0.3) is 0 Å². The molecule has 0 aliphatic heterocycles. The second kappa shape index (κ2) is 9.39. The largest absolute Gasteiger partial charge is 0.415 e. The van der Waals surface area contributed by atoms with Crippen molar-refractivity contribution in [2.45, 2.75) is 32.7 Å². The van der Waals surface area contributed by atoms with Gasteiger partial charge in [-0.3, -0.25) is 0 Å². The average Bonchev–Trinajstić information content (AvgIpc) is 2.38. The minimum atomic E-state index is -1.20. The Morgan fingerprint density at radius 3 is 2.47 bits per heavy atom. The van der Waals surface area contributed by atoms with E-state index in [1.54, 1.807) is 0 Å². The maximum Gasteiger partial charge on any atom is 0.208 e. The van der Waals surface area contributed by atoms with Crippen LogP contribution in [0.3, 0.4) is 0 Å². The summed E-state index contributed by atoms with van der Waals surface area (Å²) in [5, 5.41) is 1.42. The molecule has 0 aromatic heterocycles. The lowest BCUT2D eigenvalue weighted by atomic mass is 10.4. The molecule has 1 aromatic carbocycles. The lowest BCUT2D eigenvalue weighted by molar-refractivity contribution is 0.131. The summed E-state index contributed by atoms with van der Waals surface area (Å²) in [6.45, 7) is 6.71. The maximum atomic E-state index is 6.07. The summed E-state index contributed by atoms with van der Waals surface area (Å²) in [6, 6.07) is 11.9. The van der Waals surface area contributed by atoms with Crippen LogP contribution in [-0.4, -0.2) is 28.9 Å². The Bertz CT molecular complexity index is 277. The van der Waals surface area contributed by atoms with Gasteiger partial charge in [-0.05, 0) is 24.6 Å². The van der Waals surface area contributed by atoms with Crippen molar-refractivity contribution < 1.29 is 9.16 Å². The van der Waals surface area contributed by atoms with Crippen molar-refractivity contribution in [3.05, 3.63) is 30.3 Å². The zero-order chi connectivity index (χ0) is 12.3. The highest BCUT2D eigenvalue weighted by molar-refractivity contribution is 6.67. The Hall–Kier alpha value is -0.643. The number of hydrogen-bond acceptors (Lipinski definition) is 2. The first-order chi connectivity index (χ1) is 8.38. The molecule has 0 aliphatic carbocycles. The Labute approximate surface area is 107 Å². The van der Waals surface area contributed by atoms with Crippen LogP contribution < -0.4 is 5.19 Å². The summed E-state index contributed by atoms with van der Waals surface area (Å²) < 4.78 is 11.4. The molecule has 0 fully saturated rings. The van der Waals surface area contributed by atoms with Crippen LogP contribution in [0.1, 0.15) is 26.7 Å².